The zero-order chi connectivity index (χ0) is 6.57. The molecular formula is C5H11N3. The molecule has 0 atom stereocenters. The molecule has 0 aliphatic rings. The normalized spacial score (nSPS) is 11.1. The minimum atomic E-state index is 0.861. The molecular weight excluding hydrogens is 102 g/mol. The fourth-order valence-electron chi connectivity index (χ4n) is 0.192. The number of nitrogens with zero attached hydrogens (tertiary/aromatic N) is 3. The first-order valence-electron chi connectivity index (χ1n) is 2.36. The van der Waals surface area contributed by atoms with E-state index in [-0.39, 0.29) is 0 Å². The number of hydrogen-bond donors (Lipinski definition) is 0. The van der Waals surface area contributed by atoms with Crippen LogP contribution in [0, 0.1) is 0 Å². The highest BCUT2D eigenvalue weighted by molar-refractivity contribution is 5.79. The highest BCUT2D eigenvalue weighted by atomic mass is 15.3. The summed E-state index contributed by atoms with van der Waals surface area (Å²) >= 11 is 0. The fraction of sp³-hybridized carbons (Fsp3) is 0.600. The molecule has 0 amide bonds. The van der Waals surface area contributed by atoms with E-state index in [4.69, 9.17) is 0 Å². The second kappa shape index (κ2) is 3.18. The first kappa shape index (κ1) is 7.14. The first-order valence-corrected chi connectivity index (χ1v) is 2.36. The van der Waals surface area contributed by atoms with Crippen molar-refractivity contribution in [2.24, 2.45) is 10.2 Å². The predicted octanol–water partition coefficient (Wildman–Crippen LogP) is 0.582. The minimum Gasteiger partial charge on any atom is -0.365 e. The van der Waals surface area contributed by atoms with Gasteiger partial charge in [0.1, 0.15) is 5.84 Å². The van der Waals surface area contributed by atoms with Crippen molar-refractivity contribution in [3.63, 3.8) is 0 Å². The van der Waals surface area contributed by atoms with Gasteiger partial charge in [0.25, 0.3) is 0 Å². The third kappa shape index (κ3) is 2.34. The molecule has 8 heavy (non-hydrogen) atoms. The van der Waals surface area contributed by atoms with Crippen LogP contribution in [0.15, 0.2) is 10.2 Å². The average Bonchev–Trinajstić information content (AvgIpc) is 1.67. The highest BCUT2D eigenvalue weighted by Gasteiger charge is 1.87. The van der Waals surface area contributed by atoms with E-state index in [1.165, 1.54) is 0 Å². The van der Waals surface area contributed by atoms with Crippen molar-refractivity contribution in [3.05, 3.63) is 0 Å². The van der Waals surface area contributed by atoms with Crippen molar-refractivity contribution < 1.29 is 0 Å². The Labute approximate surface area is 49.7 Å². The molecule has 0 fully saturated rings. The van der Waals surface area contributed by atoms with Gasteiger partial charge in [0.2, 0.25) is 0 Å². The summed E-state index contributed by atoms with van der Waals surface area (Å²) in [6.07, 6.45) is 0. The van der Waals surface area contributed by atoms with Crippen LogP contribution in [-0.2, 0) is 0 Å². The molecule has 0 bridgehead atoms. The van der Waals surface area contributed by atoms with Crippen molar-refractivity contribution in [1.29, 1.82) is 0 Å². The molecule has 3 heteroatoms. The Morgan fingerprint density at radius 1 is 1.50 bits per heavy atom. The Hall–Kier alpha value is -0.860. The average molecular weight is 113 g/mol. The summed E-state index contributed by atoms with van der Waals surface area (Å²) < 4.78 is 0. The Kier molecular flexibility index (Phi) is 2.84. The molecule has 0 aliphatic carbocycles. The molecule has 0 radical (unpaired) electrons. The van der Waals surface area contributed by atoms with Crippen molar-refractivity contribution in [2.45, 2.75) is 6.92 Å². The molecule has 0 unspecified atom stereocenters. The van der Waals surface area contributed by atoms with Crippen LogP contribution >= 0.6 is 0 Å². The van der Waals surface area contributed by atoms with Crippen LogP contribution in [-0.4, -0.2) is 31.5 Å². The molecule has 0 rings (SSSR count). The van der Waals surface area contributed by atoms with Gasteiger partial charge in [0.05, 0.1) is 0 Å². The molecule has 0 spiro atoms. The fourth-order valence-corrected chi connectivity index (χ4v) is 0.192. The minimum absolute atomic E-state index is 0.861. The van der Waals surface area contributed by atoms with E-state index in [0.717, 1.165) is 5.84 Å². The molecule has 0 aromatic rings. The summed E-state index contributed by atoms with van der Waals surface area (Å²) in [6.45, 7) is 5.09. The lowest BCUT2D eigenvalue weighted by atomic mass is 10.6. The van der Waals surface area contributed by atoms with Crippen LogP contribution in [0.25, 0.3) is 0 Å². The number of rotatable bonds is 1. The van der Waals surface area contributed by atoms with Crippen LogP contribution in [0.4, 0.5) is 0 Å². The van der Waals surface area contributed by atoms with Crippen molar-refractivity contribution in [2.75, 3.05) is 14.1 Å². The van der Waals surface area contributed by atoms with Gasteiger partial charge in [-0.15, -0.1) is 5.10 Å². The summed E-state index contributed by atoms with van der Waals surface area (Å²) in [7, 11) is 3.81. The van der Waals surface area contributed by atoms with Gasteiger partial charge in [-0.1, -0.05) is 0 Å². The summed E-state index contributed by atoms with van der Waals surface area (Å²) in [4.78, 5) is 1.87. The standard InChI is InChI=1S/C5H11N3/c1-5(7-6-2)8(3)4/h2H2,1,3-4H3/b7-5-. The molecule has 46 valence electrons. The predicted molar refractivity (Wildman–Crippen MR) is 36.3 cm³/mol. The van der Waals surface area contributed by atoms with Gasteiger partial charge in [0, 0.05) is 20.8 Å². The zero-order valence-electron chi connectivity index (χ0n) is 5.55. The molecule has 0 saturated heterocycles. The van der Waals surface area contributed by atoms with Gasteiger partial charge in [-0.3, -0.25) is 0 Å². The lowest BCUT2D eigenvalue weighted by Gasteiger charge is -2.07. The van der Waals surface area contributed by atoms with E-state index in [2.05, 4.69) is 16.9 Å². The van der Waals surface area contributed by atoms with Gasteiger partial charge in [-0.05, 0) is 6.92 Å². The molecule has 3 nitrogen and oxygen atoms in total. The SMILES string of the molecule is C=N/N=C(/C)N(C)C. The van der Waals surface area contributed by atoms with Crippen LogP contribution < -0.4 is 0 Å². The molecule has 0 saturated carbocycles. The van der Waals surface area contributed by atoms with Crippen LogP contribution in [0.5, 0.6) is 0 Å². The number of hydrogen-bond acceptors (Lipinski definition) is 2. The lowest BCUT2D eigenvalue weighted by Crippen LogP contribution is -2.17. The van der Waals surface area contributed by atoms with Crippen molar-refractivity contribution in [1.82, 2.24) is 4.90 Å². The zero-order valence-corrected chi connectivity index (χ0v) is 5.55. The molecule has 0 aromatic carbocycles. The Bertz CT molecular complexity index is 104. The van der Waals surface area contributed by atoms with Crippen LogP contribution in [0.1, 0.15) is 6.92 Å². The summed E-state index contributed by atoms with van der Waals surface area (Å²) in [5.41, 5.74) is 0. The highest BCUT2D eigenvalue weighted by Crippen LogP contribution is 1.80. The van der Waals surface area contributed by atoms with Gasteiger partial charge in [0.15, 0.2) is 0 Å². The number of amidine groups is 1. The third-order valence-electron chi connectivity index (χ3n) is 0.863. The Balaban J connectivity index is 3.78. The van der Waals surface area contributed by atoms with Gasteiger partial charge in [-0.2, -0.15) is 5.10 Å². The summed E-state index contributed by atoms with van der Waals surface area (Å²) in [5.74, 6) is 0.861. The van der Waals surface area contributed by atoms with E-state index in [1.807, 2.05) is 25.9 Å². The lowest BCUT2D eigenvalue weighted by molar-refractivity contribution is 0.615. The second-order valence-electron chi connectivity index (χ2n) is 1.68. The van der Waals surface area contributed by atoms with Crippen molar-refractivity contribution in [3.8, 4) is 0 Å². The monoisotopic (exact) mass is 113 g/mol. The van der Waals surface area contributed by atoms with Crippen LogP contribution in [0.2, 0.25) is 0 Å². The van der Waals surface area contributed by atoms with Gasteiger partial charge in [-0.25, -0.2) is 0 Å². The second-order valence-corrected chi connectivity index (χ2v) is 1.68. The first-order chi connectivity index (χ1) is 3.68. The molecule has 0 heterocycles. The largest absolute Gasteiger partial charge is 0.365 e. The Morgan fingerprint density at radius 2 is 2.00 bits per heavy atom. The Morgan fingerprint density at radius 3 is 2.12 bits per heavy atom. The quantitative estimate of drug-likeness (QED) is 0.278. The van der Waals surface area contributed by atoms with Gasteiger partial charge >= 0.3 is 0 Å². The topological polar surface area (TPSA) is 28.0 Å². The molecule has 0 N–H and O–H groups in total. The summed E-state index contributed by atoms with van der Waals surface area (Å²) in [5, 5.41) is 7.03. The third-order valence-corrected chi connectivity index (χ3v) is 0.863. The van der Waals surface area contributed by atoms with E-state index >= 15 is 0 Å². The van der Waals surface area contributed by atoms with E-state index in [9.17, 15) is 0 Å². The summed E-state index contributed by atoms with van der Waals surface area (Å²) in [6, 6.07) is 0. The maximum Gasteiger partial charge on any atom is 0.123 e. The van der Waals surface area contributed by atoms with E-state index < -0.39 is 0 Å². The smallest absolute Gasteiger partial charge is 0.123 e. The molecule has 0 aliphatic heterocycles. The van der Waals surface area contributed by atoms with E-state index in [0.29, 0.717) is 0 Å². The van der Waals surface area contributed by atoms with Gasteiger partial charge < -0.3 is 4.90 Å². The van der Waals surface area contributed by atoms with Crippen LogP contribution in [0.3, 0.4) is 0 Å². The maximum absolute atomic E-state index is 3.68. The molecule has 0 aromatic heterocycles. The van der Waals surface area contributed by atoms with E-state index in [1.54, 1.807) is 0 Å². The maximum atomic E-state index is 3.68. The van der Waals surface area contributed by atoms with Crippen molar-refractivity contribution >= 4 is 12.6 Å².